The van der Waals surface area contributed by atoms with Crippen molar-refractivity contribution in [2.24, 2.45) is 10.7 Å². The van der Waals surface area contributed by atoms with E-state index in [-0.39, 0.29) is 11.7 Å². The molecule has 0 aromatic carbocycles. The molecule has 3 unspecified atom stereocenters. The molecule has 1 saturated heterocycles. The molecule has 0 spiro atoms. The Labute approximate surface area is 162 Å². The highest BCUT2D eigenvalue weighted by molar-refractivity contribution is 7.66. The van der Waals surface area contributed by atoms with Gasteiger partial charge in [0.05, 0.1) is 6.61 Å². The quantitative estimate of drug-likeness (QED) is 0.193. The molecule has 2 heterocycles. The standard InChI is InChI=1S/C10H18N3O13P3/c1-5-12-7(11)2-3-13(5)10-9(15)8(14)6(24-10)4-23-28(19,20)26-29(21,22)25-27(16,17)18/h2-3,6,8-10,14-15H,1,4H2,(H2,11,12)(H,19,20)(H,21,22)(H2,16,17,18)/t6-,8?,9+,10-/m1/s1. The van der Waals surface area contributed by atoms with Crippen molar-refractivity contribution in [2.45, 2.75) is 24.5 Å². The van der Waals surface area contributed by atoms with E-state index >= 15 is 0 Å². The van der Waals surface area contributed by atoms with Crippen LogP contribution in [0.25, 0.3) is 0 Å². The molecule has 166 valence electrons. The number of aliphatic hydroxyl groups is 2. The van der Waals surface area contributed by atoms with Crippen LogP contribution >= 0.6 is 23.5 Å². The topological polar surface area (TPSA) is 251 Å². The van der Waals surface area contributed by atoms with Gasteiger partial charge in [0.2, 0.25) is 0 Å². The monoisotopic (exact) mass is 481 g/mol. The third-order valence-corrected chi connectivity index (χ3v) is 7.19. The van der Waals surface area contributed by atoms with Crippen molar-refractivity contribution in [3.63, 3.8) is 0 Å². The maximum Gasteiger partial charge on any atom is 0.490 e. The Kier molecular flexibility index (Phi) is 7.25. The lowest BCUT2D eigenvalue weighted by molar-refractivity contribution is -0.0684. The van der Waals surface area contributed by atoms with Crippen molar-refractivity contribution in [2.75, 3.05) is 6.61 Å². The SMILES string of the molecule is C=C1N=C(N)C=CN1[C@@H]1O[C@H](COP(=O)(O)OP(=O)(O)OP(=O)(O)O)C(O)[C@@H]1O. The molecule has 0 radical (unpaired) electrons. The van der Waals surface area contributed by atoms with E-state index in [4.69, 9.17) is 25.2 Å². The van der Waals surface area contributed by atoms with E-state index in [0.29, 0.717) is 0 Å². The molecule has 2 aliphatic heterocycles. The van der Waals surface area contributed by atoms with Crippen molar-refractivity contribution >= 4 is 29.3 Å². The van der Waals surface area contributed by atoms with Gasteiger partial charge >= 0.3 is 23.5 Å². The first kappa shape index (κ1) is 24.3. The third-order valence-electron chi connectivity index (χ3n) is 3.39. The molecule has 29 heavy (non-hydrogen) atoms. The molecule has 0 amide bonds. The lowest BCUT2D eigenvalue weighted by atomic mass is 10.1. The average molecular weight is 481 g/mol. The van der Waals surface area contributed by atoms with Crippen molar-refractivity contribution < 1.29 is 61.4 Å². The Balaban J connectivity index is 1.99. The van der Waals surface area contributed by atoms with E-state index in [1.165, 1.54) is 17.2 Å². The number of aliphatic imine (C=N–C) groups is 1. The summed E-state index contributed by atoms with van der Waals surface area (Å²) in [5.41, 5.74) is 5.49. The summed E-state index contributed by atoms with van der Waals surface area (Å²) in [4.78, 5) is 40.5. The Bertz CT molecular complexity index is 855. The zero-order valence-electron chi connectivity index (χ0n) is 14.2. The molecule has 19 heteroatoms. The predicted molar refractivity (Wildman–Crippen MR) is 92.2 cm³/mol. The summed E-state index contributed by atoms with van der Waals surface area (Å²) < 4.78 is 50.4. The number of nitrogens with two attached hydrogens (primary N) is 1. The Hall–Kier alpha value is -0.960. The zero-order valence-corrected chi connectivity index (χ0v) is 16.9. The molecule has 1 fully saturated rings. The van der Waals surface area contributed by atoms with Gasteiger partial charge in [-0.25, -0.2) is 18.7 Å². The molecular weight excluding hydrogens is 463 g/mol. The van der Waals surface area contributed by atoms with Crippen LogP contribution in [0.15, 0.2) is 29.7 Å². The lowest BCUT2D eigenvalue weighted by Crippen LogP contribution is -2.42. The van der Waals surface area contributed by atoms with Crippen LogP contribution in [0.4, 0.5) is 0 Å². The van der Waals surface area contributed by atoms with Gasteiger partial charge in [-0.15, -0.1) is 0 Å². The largest absolute Gasteiger partial charge is 0.490 e. The number of aliphatic hydroxyl groups excluding tert-OH is 2. The van der Waals surface area contributed by atoms with Crippen molar-refractivity contribution in [1.29, 1.82) is 0 Å². The number of phosphoric acid groups is 3. The van der Waals surface area contributed by atoms with Gasteiger partial charge in [-0.2, -0.15) is 8.62 Å². The summed E-state index contributed by atoms with van der Waals surface area (Å²) in [5.74, 6) is 0.193. The van der Waals surface area contributed by atoms with E-state index < -0.39 is 54.6 Å². The summed E-state index contributed by atoms with van der Waals surface area (Å²) in [6.45, 7) is 2.66. The number of amidine groups is 1. The maximum atomic E-state index is 11.7. The second kappa shape index (κ2) is 8.65. The smallest absolute Gasteiger partial charge is 0.387 e. The fourth-order valence-electron chi connectivity index (χ4n) is 2.29. The van der Waals surface area contributed by atoms with Crippen LogP contribution in [0, 0.1) is 0 Å². The van der Waals surface area contributed by atoms with Gasteiger partial charge in [-0.1, -0.05) is 6.58 Å². The van der Waals surface area contributed by atoms with Gasteiger partial charge in [0.25, 0.3) is 0 Å². The fourth-order valence-corrected chi connectivity index (χ4v) is 5.32. The number of nitrogens with zero attached hydrogens (tertiary/aromatic N) is 2. The Morgan fingerprint density at radius 3 is 2.31 bits per heavy atom. The van der Waals surface area contributed by atoms with Crippen molar-refractivity contribution in [1.82, 2.24) is 4.90 Å². The molecule has 16 nitrogen and oxygen atoms in total. The van der Waals surface area contributed by atoms with E-state index in [1.807, 2.05) is 0 Å². The Morgan fingerprint density at radius 2 is 1.76 bits per heavy atom. The number of hydrogen-bond donors (Lipinski definition) is 7. The molecular formula is C10H18N3O13P3. The normalized spacial score (nSPS) is 32.0. The van der Waals surface area contributed by atoms with E-state index in [9.17, 15) is 28.8 Å². The van der Waals surface area contributed by atoms with Crippen LogP contribution in [-0.4, -0.2) is 71.7 Å². The highest BCUT2D eigenvalue weighted by atomic mass is 31.3. The molecule has 0 aromatic heterocycles. The summed E-state index contributed by atoms with van der Waals surface area (Å²) in [7, 11) is -16.6. The van der Waals surface area contributed by atoms with Gasteiger partial charge < -0.3 is 45.2 Å². The van der Waals surface area contributed by atoms with E-state index in [1.54, 1.807) is 0 Å². The highest BCUT2D eigenvalue weighted by Gasteiger charge is 2.48. The molecule has 0 bridgehead atoms. The minimum atomic E-state index is -5.68. The van der Waals surface area contributed by atoms with Crippen LogP contribution in [0.5, 0.6) is 0 Å². The fraction of sp³-hybridized carbons (Fsp3) is 0.500. The van der Waals surface area contributed by atoms with Crippen LogP contribution in [0.3, 0.4) is 0 Å². The van der Waals surface area contributed by atoms with Crippen LogP contribution in [0.2, 0.25) is 0 Å². The van der Waals surface area contributed by atoms with Crippen LogP contribution < -0.4 is 5.73 Å². The number of rotatable bonds is 8. The van der Waals surface area contributed by atoms with E-state index in [0.717, 1.165) is 0 Å². The zero-order chi connectivity index (χ0) is 22.2. The van der Waals surface area contributed by atoms with Crippen molar-refractivity contribution in [3.05, 3.63) is 24.7 Å². The minimum absolute atomic E-state index is 0.0646. The van der Waals surface area contributed by atoms with Gasteiger partial charge in [-0.05, 0) is 6.08 Å². The molecule has 0 saturated carbocycles. The van der Waals surface area contributed by atoms with Crippen molar-refractivity contribution in [3.8, 4) is 0 Å². The summed E-state index contributed by atoms with van der Waals surface area (Å²) in [5, 5.41) is 20.2. The van der Waals surface area contributed by atoms with Gasteiger partial charge in [-0.3, -0.25) is 4.52 Å². The minimum Gasteiger partial charge on any atom is -0.387 e. The first-order valence-corrected chi connectivity index (χ1v) is 11.9. The molecule has 6 atom stereocenters. The van der Waals surface area contributed by atoms with Crippen LogP contribution in [-0.2, 0) is 31.6 Å². The second-order valence-electron chi connectivity index (χ2n) is 5.61. The molecule has 0 aromatic rings. The predicted octanol–water partition coefficient (Wildman–Crippen LogP) is -1.57. The number of hydrogen-bond acceptors (Lipinski definition) is 12. The summed E-state index contributed by atoms with van der Waals surface area (Å²) in [6.07, 6.45) is -3.14. The Morgan fingerprint density at radius 1 is 1.14 bits per heavy atom. The molecule has 0 aliphatic carbocycles. The molecule has 2 aliphatic rings. The average Bonchev–Trinajstić information content (AvgIpc) is 2.78. The summed E-state index contributed by atoms with van der Waals surface area (Å²) >= 11 is 0. The first-order valence-electron chi connectivity index (χ1n) is 7.40. The highest BCUT2D eigenvalue weighted by Crippen LogP contribution is 2.66. The third kappa shape index (κ3) is 6.77. The second-order valence-corrected chi connectivity index (χ2v) is 10.0. The van der Waals surface area contributed by atoms with Gasteiger partial charge in [0, 0.05) is 6.20 Å². The van der Waals surface area contributed by atoms with Gasteiger partial charge in [0.1, 0.15) is 30.0 Å². The lowest BCUT2D eigenvalue weighted by Gasteiger charge is -2.30. The van der Waals surface area contributed by atoms with E-state index in [2.05, 4.69) is 24.7 Å². The van der Waals surface area contributed by atoms with Gasteiger partial charge in [0.15, 0.2) is 6.23 Å². The molecule has 2 rings (SSSR count). The maximum absolute atomic E-state index is 11.7. The van der Waals surface area contributed by atoms with Crippen LogP contribution in [0.1, 0.15) is 0 Å². The number of phosphoric ester groups is 1. The first-order chi connectivity index (χ1) is 13.1. The summed E-state index contributed by atoms with van der Waals surface area (Å²) in [6, 6.07) is 0. The molecule has 8 N–H and O–H groups in total. The number of ether oxygens (including phenoxy) is 1.